The Hall–Kier alpha value is -0.0400. The van der Waals surface area contributed by atoms with Crippen molar-refractivity contribution in [2.45, 2.75) is 84.7 Å². The molecule has 0 N–H and O–H groups in total. The van der Waals surface area contributed by atoms with Crippen molar-refractivity contribution in [3.8, 4) is 0 Å². The van der Waals surface area contributed by atoms with Crippen LogP contribution < -0.4 is 0 Å². The summed E-state index contributed by atoms with van der Waals surface area (Å²) in [5.74, 6) is 0.400. The molecule has 1 atom stereocenters. The molecule has 0 aromatic carbocycles. The lowest BCUT2D eigenvalue weighted by Crippen LogP contribution is -2.36. The third kappa shape index (κ3) is 5.01. The topological polar surface area (TPSA) is 19.9 Å². The van der Waals surface area contributed by atoms with E-state index >= 15 is 0 Å². The second-order valence-corrected chi connectivity index (χ2v) is 4.81. The molecule has 91 valence electrons. The summed E-state index contributed by atoms with van der Waals surface area (Å²) in [5.41, 5.74) is -0.632. The summed E-state index contributed by atoms with van der Waals surface area (Å²) in [5, 5.41) is 12.7. The predicted molar refractivity (Wildman–Crippen MR) is 66.5 cm³/mol. The first-order chi connectivity index (χ1) is 7.14. The van der Waals surface area contributed by atoms with Crippen molar-refractivity contribution in [2.24, 2.45) is 5.92 Å². The van der Waals surface area contributed by atoms with Gasteiger partial charge in [0, 0.05) is 0 Å². The molecule has 1 heteroatoms. The zero-order chi connectivity index (χ0) is 11.7. The summed E-state index contributed by atoms with van der Waals surface area (Å²) in [7, 11) is 0. The van der Waals surface area contributed by atoms with E-state index in [1.165, 1.54) is 12.8 Å². The van der Waals surface area contributed by atoms with Crippen molar-refractivity contribution in [3.63, 3.8) is 0 Å². The Labute approximate surface area is 96.3 Å². The van der Waals surface area contributed by atoms with Crippen LogP contribution in [0.2, 0.25) is 0 Å². The Balaban J connectivity index is 4.37. The molecule has 1 nitrogen and oxygen atoms in total. The van der Waals surface area contributed by atoms with Crippen molar-refractivity contribution in [1.29, 1.82) is 0 Å². The van der Waals surface area contributed by atoms with E-state index in [1.54, 1.807) is 0 Å². The third-order valence-electron chi connectivity index (χ3n) is 3.49. The molecule has 0 saturated carbocycles. The third-order valence-corrected chi connectivity index (χ3v) is 3.49. The highest BCUT2D eigenvalue weighted by Crippen LogP contribution is 2.34. The van der Waals surface area contributed by atoms with E-state index in [9.17, 15) is 5.11 Å². The van der Waals surface area contributed by atoms with Gasteiger partial charge in [-0.3, -0.25) is 0 Å². The molecule has 0 aliphatic heterocycles. The summed E-state index contributed by atoms with van der Waals surface area (Å²) in [4.78, 5) is 0. The van der Waals surface area contributed by atoms with Gasteiger partial charge in [-0.25, -0.2) is 5.11 Å². The summed E-state index contributed by atoms with van der Waals surface area (Å²) < 4.78 is 0. The van der Waals surface area contributed by atoms with Crippen molar-refractivity contribution in [1.82, 2.24) is 0 Å². The van der Waals surface area contributed by atoms with Gasteiger partial charge in [-0.1, -0.05) is 59.8 Å². The zero-order valence-corrected chi connectivity index (χ0v) is 11.1. The van der Waals surface area contributed by atoms with Gasteiger partial charge < -0.3 is 0 Å². The SMILES string of the molecule is CCCCC(CC)C([O])(CCC)CCC. The lowest BCUT2D eigenvalue weighted by molar-refractivity contribution is -0.0958. The largest absolute Gasteiger partial charge is 0.229 e. The van der Waals surface area contributed by atoms with Crippen LogP contribution >= 0.6 is 0 Å². The Morgan fingerprint density at radius 3 is 1.80 bits per heavy atom. The van der Waals surface area contributed by atoms with Crippen LogP contribution in [0.15, 0.2) is 0 Å². The molecular weight excluding hydrogens is 184 g/mol. The highest BCUT2D eigenvalue weighted by atomic mass is 16.3. The van der Waals surface area contributed by atoms with E-state index in [-0.39, 0.29) is 0 Å². The van der Waals surface area contributed by atoms with Crippen LogP contribution in [-0.4, -0.2) is 5.60 Å². The Morgan fingerprint density at radius 2 is 1.47 bits per heavy atom. The fourth-order valence-corrected chi connectivity index (χ4v) is 2.67. The molecule has 15 heavy (non-hydrogen) atoms. The van der Waals surface area contributed by atoms with Gasteiger partial charge in [-0.2, -0.15) is 0 Å². The molecule has 0 bridgehead atoms. The Morgan fingerprint density at radius 1 is 0.933 bits per heavy atom. The average Bonchev–Trinajstić information content (AvgIpc) is 2.19. The summed E-state index contributed by atoms with van der Waals surface area (Å²) in [6, 6.07) is 0. The fraction of sp³-hybridized carbons (Fsp3) is 1.00. The van der Waals surface area contributed by atoms with Gasteiger partial charge in [-0.15, -0.1) is 0 Å². The molecule has 0 rings (SSSR count). The first kappa shape index (κ1) is 15.0. The smallest absolute Gasteiger partial charge is 0.106 e. The molecule has 0 amide bonds. The van der Waals surface area contributed by atoms with E-state index in [0.29, 0.717) is 5.92 Å². The lowest BCUT2D eigenvalue weighted by Gasteiger charge is -2.33. The van der Waals surface area contributed by atoms with E-state index in [1.807, 2.05) is 0 Å². The zero-order valence-electron chi connectivity index (χ0n) is 11.1. The number of rotatable bonds is 9. The van der Waals surface area contributed by atoms with Crippen LogP contribution in [0.1, 0.15) is 79.1 Å². The van der Waals surface area contributed by atoms with Crippen LogP contribution in [0.5, 0.6) is 0 Å². The molecule has 0 aromatic heterocycles. The Kier molecular flexibility index (Phi) is 8.13. The number of hydrogen-bond acceptors (Lipinski definition) is 0. The van der Waals surface area contributed by atoms with Crippen molar-refractivity contribution < 1.29 is 5.11 Å². The summed E-state index contributed by atoms with van der Waals surface area (Å²) >= 11 is 0. The minimum Gasteiger partial charge on any atom is -0.229 e. The van der Waals surface area contributed by atoms with Gasteiger partial charge >= 0.3 is 0 Å². The molecule has 0 heterocycles. The quantitative estimate of drug-likeness (QED) is 0.515. The normalized spacial score (nSPS) is 14.2. The maximum atomic E-state index is 12.7. The first-order valence-electron chi connectivity index (χ1n) is 6.84. The maximum Gasteiger partial charge on any atom is 0.106 e. The summed E-state index contributed by atoms with van der Waals surface area (Å²) in [6.07, 6.45) is 8.42. The number of hydrogen-bond donors (Lipinski definition) is 0. The highest BCUT2D eigenvalue weighted by molar-refractivity contribution is 4.84. The molecule has 1 unspecified atom stereocenters. The number of unbranched alkanes of at least 4 members (excludes halogenated alkanes) is 1. The molecule has 1 radical (unpaired) electrons. The molecular formula is C14H29O. The highest BCUT2D eigenvalue weighted by Gasteiger charge is 2.35. The minimum atomic E-state index is -0.632. The van der Waals surface area contributed by atoms with Crippen LogP contribution in [0.4, 0.5) is 0 Å². The predicted octanol–water partition coefficient (Wildman–Crippen LogP) is 4.97. The van der Waals surface area contributed by atoms with Gasteiger partial charge in [0.15, 0.2) is 0 Å². The second-order valence-electron chi connectivity index (χ2n) is 4.81. The van der Waals surface area contributed by atoms with E-state index in [4.69, 9.17) is 0 Å². The Bertz CT molecular complexity index is 136. The van der Waals surface area contributed by atoms with Gasteiger partial charge in [-0.05, 0) is 25.2 Å². The first-order valence-corrected chi connectivity index (χ1v) is 6.84. The van der Waals surface area contributed by atoms with Crippen molar-refractivity contribution >= 4 is 0 Å². The van der Waals surface area contributed by atoms with Crippen molar-refractivity contribution in [2.75, 3.05) is 0 Å². The van der Waals surface area contributed by atoms with Crippen LogP contribution in [0.3, 0.4) is 0 Å². The average molecular weight is 213 g/mol. The van der Waals surface area contributed by atoms with Gasteiger partial charge in [0.25, 0.3) is 0 Å². The monoisotopic (exact) mass is 213 g/mol. The van der Waals surface area contributed by atoms with E-state index in [0.717, 1.165) is 38.5 Å². The van der Waals surface area contributed by atoms with Gasteiger partial charge in [0.1, 0.15) is 5.60 Å². The van der Waals surface area contributed by atoms with Crippen LogP contribution in [0, 0.1) is 5.92 Å². The van der Waals surface area contributed by atoms with Gasteiger partial charge in [0.05, 0.1) is 0 Å². The van der Waals surface area contributed by atoms with Crippen LogP contribution in [0.25, 0.3) is 0 Å². The molecule has 0 aromatic rings. The molecule has 0 fully saturated rings. The molecule has 0 spiro atoms. The second kappa shape index (κ2) is 8.15. The summed E-state index contributed by atoms with van der Waals surface area (Å²) in [6.45, 7) is 8.65. The minimum absolute atomic E-state index is 0.400. The standard InChI is InChI=1S/C14H29O/c1-5-9-10-13(8-4)14(15,11-6-2)12-7-3/h13H,5-12H2,1-4H3. The van der Waals surface area contributed by atoms with E-state index in [2.05, 4.69) is 27.7 Å². The van der Waals surface area contributed by atoms with Gasteiger partial charge in [0.2, 0.25) is 0 Å². The maximum absolute atomic E-state index is 12.7. The fourth-order valence-electron chi connectivity index (χ4n) is 2.67. The lowest BCUT2D eigenvalue weighted by atomic mass is 9.76. The van der Waals surface area contributed by atoms with E-state index < -0.39 is 5.60 Å². The molecule has 0 aliphatic carbocycles. The van der Waals surface area contributed by atoms with Crippen LogP contribution in [-0.2, 0) is 5.11 Å². The molecule has 0 saturated heterocycles. The van der Waals surface area contributed by atoms with Crippen molar-refractivity contribution in [3.05, 3.63) is 0 Å². The molecule has 0 aliphatic rings.